The number of ether oxygens (including phenoxy) is 1. The van der Waals surface area contributed by atoms with E-state index in [1.807, 2.05) is 30.3 Å². The number of carboxylic acids is 1. The first-order valence-corrected chi connectivity index (χ1v) is 11.7. The van der Waals surface area contributed by atoms with Gasteiger partial charge >= 0.3 is 5.97 Å². The van der Waals surface area contributed by atoms with Crippen LogP contribution < -0.4 is 15.8 Å². The number of fused-ring (bicyclic) bond motifs is 1. The summed E-state index contributed by atoms with van der Waals surface area (Å²) in [4.78, 5) is 13.1. The Balaban J connectivity index is 1.46. The molecule has 3 aromatic rings. The van der Waals surface area contributed by atoms with Crippen molar-refractivity contribution in [3.8, 4) is 5.75 Å². The van der Waals surface area contributed by atoms with Gasteiger partial charge in [0.25, 0.3) is 0 Å². The highest BCUT2D eigenvalue weighted by Crippen LogP contribution is 2.31. The number of carbonyl (C=O) groups is 1. The lowest BCUT2D eigenvalue weighted by Gasteiger charge is -2.29. The molecule has 8 heteroatoms. The average molecular weight is 465 g/mol. The highest BCUT2D eigenvalue weighted by atomic mass is 32.1. The van der Waals surface area contributed by atoms with Gasteiger partial charge in [-0.3, -0.25) is 10.2 Å². The Morgan fingerprint density at radius 1 is 1.24 bits per heavy atom. The topological polar surface area (TPSA) is 132 Å². The number of nitrogens with one attached hydrogen (secondary N) is 3. The SMILES string of the molecule is CC(=N)[C@]1(Oc2ccc(C(CCc3cc4cc(C(=N)N)ccc4s3)C(=O)O)cc2)CCNC1. The van der Waals surface area contributed by atoms with Crippen molar-refractivity contribution in [1.29, 1.82) is 10.8 Å². The van der Waals surface area contributed by atoms with Crippen LogP contribution in [0.5, 0.6) is 5.75 Å². The van der Waals surface area contributed by atoms with E-state index < -0.39 is 17.5 Å². The molecule has 2 heterocycles. The summed E-state index contributed by atoms with van der Waals surface area (Å²) in [6.45, 7) is 3.17. The van der Waals surface area contributed by atoms with Gasteiger partial charge in [-0.2, -0.15) is 0 Å². The lowest BCUT2D eigenvalue weighted by atomic mass is 9.93. The fourth-order valence-electron chi connectivity index (χ4n) is 4.25. The largest absolute Gasteiger partial charge is 0.481 e. The molecule has 1 aromatic heterocycles. The van der Waals surface area contributed by atoms with Crippen LogP contribution >= 0.6 is 11.3 Å². The molecule has 2 atom stereocenters. The standard InChI is InChI=1S/C25H28N4O3S/c1-15(26)25(10-11-29-14-25)32-19-5-2-16(3-6-19)21(24(30)31)8-7-20-13-18-12-17(23(27)28)4-9-22(18)33-20/h2-6,9,12-13,21,26,29H,7-8,10-11,14H2,1H3,(H3,27,28)(H,30,31)/t21?,25-/m0/s1. The van der Waals surface area contributed by atoms with Gasteiger partial charge in [0.05, 0.1) is 11.6 Å². The number of aryl methyl sites for hydroxylation is 1. The number of benzene rings is 2. The molecule has 0 bridgehead atoms. The quantitative estimate of drug-likeness (QED) is 0.240. The van der Waals surface area contributed by atoms with Crippen molar-refractivity contribution in [2.24, 2.45) is 5.73 Å². The number of nitrogen functional groups attached to an aromatic ring is 1. The number of nitrogens with two attached hydrogens (primary N) is 1. The van der Waals surface area contributed by atoms with E-state index >= 15 is 0 Å². The van der Waals surface area contributed by atoms with E-state index in [-0.39, 0.29) is 5.84 Å². The molecule has 0 aliphatic carbocycles. The van der Waals surface area contributed by atoms with E-state index in [1.54, 1.807) is 30.4 Å². The van der Waals surface area contributed by atoms with Gasteiger partial charge < -0.3 is 26.3 Å². The summed E-state index contributed by atoms with van der Waals surface area (Å²) >= 11 is 1.64. The Morgan fingerprint density at radius 2 is 2.00 bits per heavy atom. The summed E-state index contributed by atoms with van der Waals surface area (Å²) in [5, 5.41) is 29.8. The zero-order valence-electron chi connectivity index (χ0n) is 18.5. The Kier molecular flexibility index (Phi) is 6.49. The van der Waals surface area contributed by atoms with Crippen molar-refractivity contribution < 1.29 is 14.6 Å². The number of thiophene rings is 1. The molecule has 0 saturated carbocycles. The van der Waals surface area contributed by atoms with E-state index in [0.29, 0.717) is 36.4 Å². The van der Waals surface area contributed by atoms with E-state index in [0.717, 1.165) is 33.5 Å². The molecule has 1 fully saturated rings. The molecule has 0 spiro atoms. The van der Waals surface area contributed by atoms with Crippen molar-refractivity contribution in [2.75, 3.05) is 13.1 Å². The monoisotopic (exact) mass is 464 g/mol. The molecule has 33 heavy (non-hydrogen) atoms. The minimum Gasteiger partial charge on any atom is -0.481 e. The van der Waals surface area contributed by atoms with Crippen LogP contribution in [0.3, 0.4) is 0 Å². The molecule has 4 rings (SSSR count). The summed E-state index contributed by atoms with van der Waals surface area (Å²) in [5.41, 5.74) is 6.86. The number of carboxylic acid groups (broad SMARTS) is 1. The second-order valence-electron chi connectivity index (χ2n) is 8.53. The van der Waals surface area contributed by atoms with Crippen molar-refractivity contribution in [1.82, 2.24) is 5.32 Å². The minimum atomic E-state index is -0.851. The van der Waals surface area contributed by atoms with Crippen LogP contribution in [0.2, 0.25) is 0 Å². The van der Waals surface area contributed by atoms with E-state index in [9.17, 15) is 9.90 Å². The summed E-state index contributed by atoms with van der Waals surface area (Å²) in [5.74, 6) is -0.794. The third-order valence-electron chi connectivity index (χ3n) is 6.25. The highest BCUT2D eigenvalue weighted by molar-refractivity contribution is 7.19. The van der Waals surface area contributed by atoms with Crippen LogP contribution in [0.1, 0.15) is 41.7 Å². The maximum absolute atomic E-state index is 12.0. The summed E-state index contributed by atoms with van der Waals surface area (Å²) in [6.07, 6.45) is 1.87. The first kappa shape index (κ1) is 22.9. The lowest BCUT2D eigenvalue weighted by molar-refractivity contribution is -0.138. The number of amidine groups is 1. The van der Waals surface area contributed by atoms with Gasteiger partial charge in [0.2, 0.25) is 0 Å². The van der Waals surface area contributed by atoms with Crippen LogP contribution in [0, 0.1) is 10.8 Å². The Hall–Kier alpha value is -3.23. The minimum absolute atomic E-state index is 0.0360. The molecule has 2 aromatic carbocycles. The van der Waals surface area contributed by atoms with Crippen LogP contribution in [0.4, 0.5) is 0 Å². The molecule has 0 amide bonds. The molecule has 6 N–H and O–H groups in total. The highest BCUT2D eigenvalue weighted by Gasteiger charge is 2.38. The Morgan fingerprint density at radius 3 is 2.61 bits per heavy atom. The van der Waals surface area contributed by atoms with Gasteiger partial charge in [-0.25, -0.2) is 0 Å². The van der Waals surface area contributed by atoms with E-state index in [4.69, 9.17) is 21.3 Å². The van der Waals surface area contributed by atoms with Crippen LogP contribution in [-0.4, -0.2) is 41.3 Å². The normalized spacial score (nSPS) is 18.8. The molecular weight excluding hydrogens is 436 g/mol. The zero-order chi connectivity index (χ0) is 23.6. The summed E-state index contributed by atoms with van der Waals surface area (Å²) in [7, 11) is 0. The van der Waals surface area contributed by atoms with E-state index in [2.05, 4.69) is 11.4 Å². The number of hydrogen-bond acceptors (Lipinski definition) is 6. The van der Waals surface area contributed by atoms with Gasteiger partial charge in [-0.15, -0.1) is 11.3 Å². The molecule has 172 valence electrons. The lowest BCUT2D eigenvalue weighted by Crippen LogP contribution is -2.44. The Labute approximate surface area is 196 Å². The van der Waals surface area contributed by atoms with Gasteiger partial charge in [-0.1, -0.05) is 12.1 Å². The smallest absolute Gasteiger partial charge is 0.310 e. The number of hydrogen-bond donors (Lipinski definition) is 5. The first-order valence-electron chi connectivity index (χ1n) is 10.9. The van der Waals surface area contributed by atoms with Gasteiger partial charge in [0.1, 0.15) is 11.6 Å². The summed E-state index contributed by atoms with van der Waals surface area (Å²) in [6, 6.07) is 15.0. The first-order chi connectivity index (χ1) is 15.8. The van der Waals surface area contributed by atoms with Crippen molar-refractivity contribution in [2.45, 2.75) is 37.7 Å². The van der Waals surface area contributed by atoms with Gasteiger partial charge in [0, 0.05) is 28.1 Å². The average Bonchev–Trinajstić information content (AvgIpc) is 3.41. The zero-order valence-corrected chi connectivity index (χ0v) is 19.3. The van der Waals surface area contributed by atoms with Crippen molar-refractivity contribution in [3.05, 3.63) is 64.5 Å². The van der Waals surface area contributed by atoms with Crippen molar-refractivity contribution >= 4 is 38.9 Å². The second-order valence-corrected chi connectivity index (χ2v) is 9.69. The fraction of sp³-hybridized carbons (Fsp3) is 0.320. The Bertz CT molecular complexity index is 1200. The predicted molar refractivity (Wildman–Crippen MR) is 132 cm³/mol. The molecule has 1 aliphatic rings. The molecule has 1 aliphatic heterocycles. The van der Waals surface area contributed by atoms with Gasteiger partial charge in [-0.05, 0) is 73.7 Å². The number of rotatable bonds is 9. The second kappa shape index (κ2) is 9.33. The van der Waals surface area contributed by atoms with Gasteiger partial charge in [0.15, 0.2) is 5.60 Å². The van der Waals surface area contributed by atoms with Crippen LogP contribution in [0.15, 0.2) is 48.5 Å². The fourth-order valence-corrected chi connectivity index (χ4v) is 5.31. The van der Waals surface area contributed by atoms with Crippen molar-refractivity contribution in [3.63, 3.8) is 0 Å². The van der Waals surface area contributed by atoms with Crippen LogP contribution in [0.25, 0.3) is 10.1 Å². The van der Waals surface area contributed by atoms with E-state index in [1.165, 1.54) is 0 Å². The predicted octanol–water partition coefficient (Wildman–Crippen LogP) is 4.14. The summed E-state index contributed by atoms with van der Waals surface area (Å²) < 4.78 is 7.25. The maximum atomic E-state index is 12.0. The van der Waals surface area contributed by atoms with Crippen LogP contribution in [-0.2, 0) is 11.2 Å². The molecule has 0 radical (unpaired) electrons. The third-order valence-corrected chi connectivity index (χ3v) is 7.43. The molecule has 1 unspecified atom stereocenters. The number of aliphatic carboxylic acids is 1. The third kappa shape index (κ3) is 4.91. The molecule has 7 nitrogen and oxygen atoms in total. The molecule has 1 saturated heterocycles. The molecular formula is C25H28N4O3S. The maximum Gasteiger partial charge on any atom is 0.310 e.